The predicted octanol–water partition coefficient (Wildman–Crippen LogP) is 3.75. The van der Waals surface area contributed by atoms with Gasteiger partial charge < -0.3 is 10.2 Å². The third-order valence-corrected chi connectivity index (χ3v) is 4.09. The number of carbonyl (C=O) groups excluding carboxylic acids is 1. The van der Waals surface area contributed by atoms with Crippen molar-refractivity contribution in [3.05, 3.63) is 89.6 Å². The topological polar surface area (TPSA) is 58.1 Å². The van der Waals surface area contributed by atoms with Crippen molar-refractivity contribution >= 4 is 11.7 Å². The summed E-state index contributed by atoms with van der Waals surface area (Å²) in [7, 11) is 0. The van der Waals surface area contributed by atoms with E-state index in [0.717, 1.165) is 11.1 Å². The summed E-state index contributed by atoms with van der Waals surface area (Å²) in [5.41, 5.74) is 2.61. The Bertz CT molecular complexity index is 820. The summed E-state index contributed by atoms with van der Waals surface area (Å²) in [6.45, 7) is 3.80. The maximum Gasteiger partial charge on any atom is 0.274 e. The molecule has 0 aliphatic carbocycles. The summed E-state index contributed by atoms with van der Waals surface area (Å²) < 4.78 is 0. The molecule has 2 aromatic carbocycles. The van der Waals surface area contributed by atoms with Crippen LogP contribution in [0.5, 0.6) is 0 Å². The number of anilines is 1. The number of hydrogen-bond acceptors (Lipinski definition) is 4. The SMILES string of the molecule is CCN(Cc1ccccc1)C(=O)c1ccc(NCc2ccccc2)nn1. The van der Waals surface area contributed by atoms with Gasteiger partial charge in [0.1, 0.15) is 5.82 Å². The standard InChI is InChI=1S/C21H22N4O/c1-2-25(16-18-11-7-4-8-12-18)21(26)19-13-14-20(24-23-19)22-15-17-9-5-3-6-10-17/h3-14H,2,15-16H2,1H3,(H,22,24). The molecule has 0 bridgehead atoms. The van der Waals surface area contributed by atoms with Gasteiger partial charge in [0.15, 0.2) is 5.69 Å². The lowest BCUT2D eigenvalue weighted by atomic mass is 10.2. The number of aromatic nitrogens is 2. The normalized spacial score (nSPS) is 10.3. The predicted molar refractivity (Wildman–Crippen MR) is 103 cm³/mol. The highest BCUT2D eigenvalue weighted by molar-refractivity contribution is 5.92. The Kier molecular flexibility index (Phi) is 5.93. The molecular weight excluding hydrogens is 324 g/mol. The highest BCUT2D eigenvalue weighted by Gasteiger charge is 2.16. The van der Waals surface area contributed by atoms with Gasteiger partial charge >= 0.3 is 0 Å². The Morgan fingerprint density at radius 3 is 2.12 bits per heavy atom. The number of carbonyl (C=O) groups is 1. The second kappa shape index (κ2) is 8.76. The Morgan fingerprint density at radius 2 is 1.54 bits per heavy atom. The highest BCUT2D eigenvalue weighted by atomic mass is 16.2. The molecule has 1 N–H and O–H groups in total. The number of hydrogen-bond donors (Lipinski definition) is 1. The first-order chi connectivity index (χ1) is 12.8. The zero-order valence-corrected chi connectivity index (χ0v) is 14.8. The lowest BCUT2D eigenvalue weighted by Gasteiger charge is -2.20. The molecule has 1 heterocycles. The summed E-state index contributed by atoms with van der Waals surface area (Å²) in [5.74, 6) is 0.537. The van der Waals surface area contributed by atoms with Crippen LogP contribution in [0.3, 0.4) is 0 Å². The van der Waals surface area contributed by atoms with Gasteiger partial charge in [0.05, 0.1) is 0 Å². The summed E-state index contributed by atoms with van der Waals surface area (Å²) >= 11 is 0. The van der Waals surface area contributed by atoms with E-state index in [9.17, 15) is 4.79 Å². The molecule has 0 saturated carbocycles. The number of nitrogens with one attached hydrogen (secondary N) is 1. The van der Waals surface area contributed by atoms with Gasteiger partial charge in [-0.15, -0.1) is 10.2 Å². The van der Waals surface area contributed by atoms with Crippen molar-refractivity contribution in [3.8, 4) is 0 Å². The molecule has 1 amide bonds. The van der Waals surface area contributed by atoms with Crippen molar-refractivity contribution in [2.45, 2.75) is 20.0 Å². The number of amides is 1. The van der Waals surface area contributed by atoms with Crippen molar-refractivity contribution in [1.29, 1.82) is 0 Å². The molecule has 3 aromatic rings. The van der Waals surface area contributed by atoms with E-state index in [4.69, 9.17) is 0 Å². The Labute approximate surface area is 153 Å². The van der Waals surface area contributed by atoms with Crippen LogP contribution in [-0.4, -0.2) is 27.5 Å². The van der Waals surface area contributed by atoms with Gasteiger partial charge in [-0.25, -0.2) is 0 Å². The van der Waals surface area contributed by atoms with Gasteiger partial charge in [0.2, 0.25) is 0 Å². The first kappa shape index (κ1) is 17.6. The minimum absolute atomic E-state index is 0.113. The summed E-state index contributed by atoms with van der Waals surface area (Å²) in [6.07, 6.45) is 0. The molecule has 0 fully saturated rings. The van der Waals surface area contributed by atoms with Crippen molar-refractivity contribution < 1.29 is 4.79 Å². The maximum absolute atomic E-state index is 12.7. The minimum atomic E-state index is -0.113. The third kappa shape index (κ3) is 4.66. The fourth-order valence-electron chi connectivity index (χ4n) is 2.62. The van der Waals surface area contributed by atoms with Gasteiger partial charge in [0, 0.05) is 19.6 Å². The molecule has 0 aliphatic heterocycles. The van der Waals surface area contributed by atoms with Crippen molar-refractivity contribution in [3.63, 3.8) is 0 Å². The van der Waals surface area contributed by atoms with Crippen LogP contribution >= 0.6 is 0 Å². The van der Waals surface area contributed by atoms with Crippen LogP contribution in [0.2, 0.25) is 0 Å². The quantitative estimate of drug-likeness (QED) is 0.708. The van der Waals surface area contributed by atoms with E-state index in [-0.39, 0.29) is 5.91 Å². The summed E-state index contributed by atoms with van der Waals surface area (Å²) in [4.78, 5) is 14.4. The second-order valence-corrected chi connectivity index (χ2v) is 5.95. The zero-order chi connectivity index (χ0) is 18.2. The average molecular weight is 346 g/mol. The van der Waals surface area contributed by atoms with E-state index in [2.05, 4.69) is 15.5 Å². The number of benzene rings is 2. The van der Waals surface area contributed by atoms with Crippen LogP contribution in [0, 0.1) is 0 Å². The van der Waals surface area contributed by atoms with E-state index in [1.807, 2.05) is 67.6 Å². The number of rotatable bonds is 7. The lowest BCUT2D eigenvalue weighted by Crippen LogP contribution is -2.31. The molecule has 0 unspecified atom stereocenters. The molecule has 0 saturated heterocycles. The van der Waals surface area contributed by atoms with E-state index < -0.39 is 0 Å². The van der Waals surface area contributed by atoms with Crippen LogP contribution in [0.1, 0.15) is 28.5 Å². The fourth-order valence-corrected chi connectivity index (χ4v) is 2.62. The van der Waals surface area contributed by atoms with Crippen molar-refractivity contribution in [2.75, 3.05) is 11.9 Å². The molecule has 5 nitrogen and oxygen atoms in total. The summed E-state index contributed by atoms with van der Waals surface area (Å²) in [5, 5.41) is 11.4. The van der Waals surface area contributed by atoms with E-state index in [1.54, 1.807) is 17.0 Å². The highest BCUT2D eigenvalue weighted by Crippen LogP contribution is 2.10. The molecule has 26 heavy (non-hydrogen) atoms. The average Bonchev–Trinajstić information content (AvgIpc) is 2.72. The van der Waals surface area contributed by atoms with Gasteiger partial charge in [-0.3, -0.25) is 4.79 Å². The van der Waals surface area contributed by atoms with Crippen LogP contribution < -0.4 is 5.32 Å². The smallest absolute Gasteiger partial charge is 0.274 e. The molecule has 132 valence electrons. The zero-order valence-electron chi connectivity index (χ0n) is 14.8. The maximum atomic E-state index is 12.7. The van der Waals surface area contributed by atoms with Crippen molar-refractivity contribution in [1.82, 2.24) is 15.1 Å². The Balaban J connectivity index is 1.62. The van der Waals surface area contributed by atoms with Gasteiger partial charge in [-0.2, -0.15) is 0 Å². The van der Waals surface area contributed by atoms with E-state index in [0.29, 0.717) is 31.1 Å². The molecule has 0 radical (unpaired) electrons. The minimum Gasteiger partial charge on any atom is -0.365 e. The monoisotopic (exact) mass is 346 g/mol. The number of nitrogens with zero attached hydrogens (tertiary/aromatic N) is 3. The first-order valence-electron chi connectivity index (χ1n) is 8.71. The first-order valence-corrected chi connectivity index (χ1v) is 8.71. The molecule has 0 atom stereocenters. The molecule has 3 rings (SSSR count). The van der Waals surface area contributed by atoms with Gasteiger partial charge in [0.25, 0.3) is 5.91 Å². The van der Waals surface area contributed by atoms with Crippen LogP contribution in [-0.2, 0) is 13.1 Å². The summed E-state index contributed by atoms with van der Waals surface area (Å²) in [6, 6.07) is 23.5. The fraction of sp³-hybridized carbons (Fsp3) is 0.190. The molecule has 1 aromatic heterocycles. The van der Waals surface area contributed by atoms with Crippen LogP contribution in [0.4, 0.5) is 5.82 Å². The lowest BCUT2D eigenvalue weighted by molar-refractivity contribution is 0.0745. The largest absolute Gasteiger partial charge is 0.365 e. The van der Waals surface area contributed by atoms with Crippen molar-refractivity contribution in [2.24, 2.45) is 0 Å². The second-order valence-electron chi connectivity index (χ2n) is 5.95. The van der Waals surface area contributed by atoms with Gasteiger partial charge in [-0.05, 0) is 30.2 Å². The van der Waals surface area contributed by atoms with Crippen LogP contribution in [0.15, 0.2) is 72.8 Å². The Hall–Kier alpha value is -3.21. The third-order valence-electron chi connectivity index (χ3n) is 4.09. The molecule has 5 heteroatoms. The Morgan fingerprint density at radius 1 is 0.885 bits per heavy atom. The molecule has 0 spiro atoms. The molecule has 0 aliphatic rings. The molecular formula is C21H22N4O. The van der Waals surface area contributed by atoms with E-state index in [1.165, 1.54) is 0 Å². The van der Waals surface area contributed by atoms with Crippen LogP contribution in [0.25, 0.3) is 0 Å². The van der Waals surface area contributed by atoms with Gasteiger partial charge in [-0.1, -0.05) is 60.7 Å². The van der Waals surface area contributed by atoms with E-state index >= 15 is 0 Å².